The molecule has 10 heteroatoms. The van der Waals surface area contributed by atoms with Gasteiger partial charge in [0.1, 0.15) is 29.9 Å². The molecule has 5 rings (SSSR count). The number of hydrogen-bond donors (Lipinski definition) is 2. The van der Waals surface area contributed by atoms with Crippen molar-refractivity contribution in [3.8, 4) is 0 Å². The fourth-order valence-electron chi connectivity index (χ4n) is 4.99. The number of piperazine rings is 1. The van der Waals surface area contributed by atoms with Crippen LogP contribution < -0.4 is 0 Å². The van der Waals surface area contributed by atoms with Gasteiger partial charge in [-0.05, 0) is 30.7 Å². The molecule has 3 heterocycles. The van der Waals surface area contributed by atoms with Crippen LogP contribution in [0.4, 0.5) is 8.78 Å². The van der Waals surface area contributed by atoms with Crippen molar-refractivity contribution in [3.63, 3.8) is 0 Å². The van der Waals surface area contributed by atoms with E-state index in [-0.39, 0.29) is 12.1 Å². The predicted octanol–water partition coefficient (Wildman–Crippen LogP) is 3.79. The molecule has 184 valence electrons. The summed E-state index contributed by atoms with van der Waals surface area (Å²) in [6.07, 6.45) is 4.86. The zero-order chi connectivity index (χ0) is 24.6. The van der Waals surface area contributed by atoms with Crippen LogP contribution in [0.25, 0.3) is 10.9 Å². The third-order valence-electron chi connectivity index (χ3n) is 7.04. The average molecular weight is 501 g/mol. The average Bonchev–Trinajstić information content (AvgIpc) is 3.48. The largest absolute Gasteiger partial charge is 0.381 e. The first kappa shape index (κ1) is 23.9. The Balaban J connectivity index is 1.32. The van der Waals surface area contributed by atoms with Crippen molar-refractivity contribution >= 4 is 22.5 Å². The van der Waals surface area contributed by atoms with Crippen LogP contribution in [-0.4, -0.2) is 66.9 Å². The molecule has 2 atom stereocenters. The molecule has 35 heavy (non-hydrogen) atoms. The number of fused-ring (bicyclic) bond motifs is 1. The van der Waals surface area contributed by atoms with E-state index in [4.69, 9.17) is 11.6 Å². The second-order valence-electron chi connectivity index (χ2n) is 9.13. The quantitative estimate of drug-likeness (QED) is 0.404. The highest BCUT2D eigenvalue weighted by atomic mass is 35.5. The summed E-state index contributed by atoms with van der Waals surface area (Å²) in [5, 5.41) is 17.8. The van der Waals surface area contributed by atoms with E-state index in [1.807, 2.05) is 31.3 Å². The molecule has 0 radical (unpaired) electrons. The molecule has 0 spiro atoms. The molecule has 0 aliphatic carbocycles. The van der Waals surface area contributed by atoms with E-state index in [0.29, 0.717) is 18.1 Å². The maximum Gasteiger partial charge on any atom is 0.137 e. The molecule has 2 aromatic heterocycles. The highest BCUT2D eigenvalue weighted by Gasteiger charge is 2.42. The zero-order valence-electron chi connectivity index (χ0n) is 19.3. The van der Waals surface area contributed by atoms with Crippen LogP contribution in [0.3, 0.4) is 0 Å². The predicted molar refractivity (Wildman–Crippen MR) is 130 cm³/mol. The van der Waals surface area contributed by atoms with Crippen molar-refractivity contribution in [1.82, 2.24) is 29.5 Å². The first-order valence-electron chi connectivity index (χ1n) is 11.6. The van der Waals surface area contributed by atoms with Gasteiger partial charge >= 0.3 is 0 Å². The van der Waals surface area contributed by atoms with Gasteiger partial charge in [-0.1, -0.05) is 23.7 Å². The van der Waals surface area contributed by atoms with E-state index in [2.05, 4.69) is 24.9 Å². The molecule has 7 nitrogen and oxygen atoms in total. The molecule has 1 aliphatic rings. The minimum Gasteiger partial charge on any atom is -0.381 e. The van der Waals surface area contributed by atoms with Crippen molar-refractivity contribution in [2.45, 2.75) is 31.7 Å². The Morgan fingerprint density at radius 3 is 2.66 bits per heavy atom. The number of rotatable bonds is 7. The SMILES string of the molecule is C[C@@H](N1CCN(Cc2c[nH]c3cc(Cl)ccc23)CC1)[C@](O)(Cn1cncn1)c1ccc(F)cc1F. The van der Waals surface area contributed by atoms with Crippen molar-refractivity contribution in [3.05, 3.63) is 83.0 Å². The second kappa shape index (κ2) is 9.66. The molecule has 0 amide bonds. The number of aliphatic hydroxyl groups is 1. The Hall–Kier alpha value is -2.85. The van der Waals surface area contributed by atoms with Crippen LogP contribution in [0.5, 0.6) is 0 Å². The molecule has 4 aromatic rings. The van der Waals surface area contributed by atoms with Gasteiger partial charge in [0.2, 0.25) is 0 Å². The second-order valence-corrected chi connectivity index (χ2v) is 9.57. The number of hydrogen-bond acceptors (Lipinski definition) is 5. The lowest BCUT2D eigenvalue weighted by Gasteiger charge is -2.45. The first-order valence-corrected chi connectivity index (χ1v) is 11.9. The van der Waals surface area contributed by atoms with Gasteiger partial charge in [0.05, 0.1) is 6.54 Å². The van der Waals surface area contributed by atoms with Gasteiger partial charge in [-0.25, -0.2) is 18.4 Å². The first-order chi connectivity index (χ1) is 16.8. The number of aromatic amines is 1. The molecule has 0 unspecified atom stereocenters. The molecular weight excluding hydrogens is 474 g/mol. The highest BCUT2D eigenvalue weighted by molar-refractivity contribution is 6.31. The smallest absolute Gasteiger partial charge is 0.137 e. The van der Waals surface area contributed by atoms with Gasteiger partial charge in [0.15, 0.2) is 0 Å². The summed E-state index contributed by atoms with van der Waals surface area (Å²) < 4.78 is 29.9. The van der Waals surface area contributed by atoms with Gasteiger partial charge in [0, 0.05) is 72.5 Å². The van der Waals surface area contributed by atoms with E-state index in [1.54, 1.807) is 0 Å². The number of nitrogens with one attached hydrogen (secondary N) is 1. The normalized spacial score (nSPS) is 18.1. The van der Waals surface area contributed by atoms with Crippen LogP contribution in [-0.2, 0) is 18.7 Å². The summed E-state index contributed by atoms with van der Waals surface area (Å²) in [5.41, 5.74) is 0.624. The molecule has 0 bridgehead atoms. The van der Waals surface area contributed by atoms with Gasteiger partial charge < -0.3 is 10.1 Å². The minimum absolute atomic E-state index is 0.00513. The van der Waals surface area contributed by atoms with Gasteiger partial charge in [-0.3, -0.25) is 9.80 Å². The van der Waals surface area contributed by atoms with E-state index in [1.165, 1.54) is 35.0 Å². The lowest BCUT2D eigenvalue weighted by atomic mass is 9.85. The monoisotopic (exact) mass is 500 g/mol. The Bertz CT molecular complexity index is 1300. The van der Waals surface area contributed by atoms with Gasteiger partial charge in [-0.15, -0.1) is 0 Å². The number of aromatic nitrogens is 4. The summed E-state index contributed by atoms with van der Waals surface area (Å²) in [4.78, 5) is 11.7. The summed E-state index contributed by atoms with van der Waals surface area (Å²) in [6.45, 7) is 5.62. The summed E-state index contributed by atoms with van der Waals surface area (Å²) in [7, 11) is 0. The fraction of sp³-hybridized carbons (Fsp3) is 0.360. The van der Waals surface area contributed by atoms with Crippen LogP contribution in [0.15, 0.2) is 55.2 Å². The van der Waals surface area contributed by atoms with Crippen molar-refractivity contribution in [2.24, 2.45) is 0 Å². The van der Waals surface area contributed by atoms with Crippen molar-refractivity contribution in [1.29, 1.82) is 0 Å². The number of halogens is 3. The molecule has 1 aliphatic heterocycles. The van der Waals surface area contributed by atoms with Gasteiger partial charge in [0.25, 0.3) is 0 Å². The van der Waals surface area contributed by atoms with E-state index in [9.17, 15) is 13.9 Å². The molecule has 0 saturated carbocycles. The fourth-order valence-corrected chi connectivity index (χ4v) is 5.16. The van der Waals surface area contributed by atoms with E-state index < -0.39 is 23.3 Å². The van der Waals surface area contributed by atoms with E-state index in [0.717, 1.165) is 36.6 Å². The maximum absolute atomic E-state index is 14.8. The third-order valence-corrected chi connectivity index (χ3v) is 7.27. The van der Waals surface area contributed by atoms with E-state index >= 15 is 0 Å². The number of nitrogens with zero attached hydrogens (tertiary/aromatic N) is 5. The highest BCUT2D eigenvalue weighted by Crippen LogP contribution is 2.33. The molecule has 1 saturated heterocycles. The lowest BCUT2D eigenvalue weighted by molar-refractivity contribution is -0.0743. The molecule has 2 aromatic carbocycles. The number of H-pyrrole nitrogens is 1. The summed E-state index contributed by atoms with van der Waals surface area (Å²) in [5.74, 6) is -1.47. The van der Waals surface area contributed by atoms with Crippen molar-refractivity contribution in [2.75, 3.05) is 26.2 Å². The Labute approximate surface area is 206 Å². The van der Waals surface area contributed by atoms with Crippen LogP contribution in [0.1, 0.15) is 18.1 Å². The maximum atomic E-state index is 14.8. The third kappa shape index (κ3) is 4.81. The van der Waals surface area contributed by atoms with Crippen LogP contribution in [0.2, 0.25) is 5.02 Å². The summed E-state index contributed by atoms with van der Waals surface area (Å²) in [6, 6.07) is 8.69. The van der Waals surface area contributed by atoms with Gasteiger partial charge in [-0.2, -0.15) is 5.10 Å². The Kier molecular flexibility index (Phi) is 6.59. The summed E-state index contributed by atoms with van der Waals surface area (Å²) >= 11 is 6.10. The Morgan fingerprint density at radius 1 is 1.14 bits per heavy atom. The minimum atomic E-state index is -1.64. The molecule has 2 N–H and O–H groups in total. The van der Waals surface area contributed by atoms with Crippen molar-refractivity contribution < 1.29 is 13.9 Å². The lowest BCUT2D eigenvalue weighted by Crippen LogP contribution is -2.57. The standard InChI is InChI=1S/C25H27ClF2N6O/c1-17(25(35,14-34-16-29-15-31-34)22-5-3-20(27)11-23(22)28)33-8-6-32(7-9-33)13-18-12-30-24-10-19(26)2-4-21(18)24/h2-5,10-12,15-17,30,35H,6-9,13-14H2,1H3/t17-,25-/m1/s1. The van der Waals surface area contributed by atoms with Crippen LogP contribution in [0, 0.1) is 11.6 Å². The van der Waals surface area contributed by atoms with Crippen LogP contribution >= 0.6 is 11.6 Å². The molecule has 1 fully saturated rings. The Morgan fingerprint density at radius 2 is 1.94 bits per heavy atom. The zero-order valence-corrected chi connectivity index (χ0v) is 20.1. The number of benzene rings is 2. The molecular formula is C25H27ClF2N6O. The topological polar surface area (TPSA) is 73.2 Å².